The Hall–Kier alpha value is -2.28. The van der Waals surface area contributed by atoms with E-state index in [2.05, 4.69) is 0 Å². The fourth-order valence-electron chi connectivity index (χ4n) is 2.46. The van der Waals surface area contributed by atoms with Gasteiger partial charge in [-0.05, 0) is 12.5 Å². The summed E-state index contributed by atoms with van der Waals surface area (Å²) in [5.74, 6) is -0.638. The Bertz CT molecular complexity index is 657. The minimum absolute atomic E-state index is 0.351. The number of nitrogens with zero attached hydrogens (tertiary/aromatic N) is 1. The number of nitriles is 1. The van der Waals surface area contributed by atoms with Crippen molar-refractivity contribution in [3.05, 3.63) is 48.0 Å². The normalized spacial score (nSPS) is 29.9. The molecule has 6 unspecified atom stereocenters. The number of allylic oxidation sites excluding steroid dienone is 1. The fraction of sp³-hybridized carbons (Fsp3) is 0.444. The standard InChI is InChI=1S/C18H21NO7/c1-2-6-14(20)24-10-13-15(21)16(22)17(23)18(26-13)25-12(9-19)11-7-4-3-5-8-11/h2-8,12-13,15-18,21-23H,10H2,1H3. The van der Waals surface area contributed by atoms with Gasteiger partial charge in [0, 0.05) is 6.08 Å². The lowest BCUT2D eigenvalue weighted by atomic mass is 9.99. The highest BCUT2D eigenvalue weighted by molar-refractivity contribution is 5.81. The summed E-state index contributed by atoms with van der Waals surface area (Å²) in [6, 6.07) is 10.5. The van der Waals surface area contributed by atoms with Crippen molar-refractivity contribution in [3.8, 4) is 6.07 Å². The van der Waals surface area contributed by atoms with Gasteiger partial charge >= 0.3 is 5.97 Å². The van der Waals surface area contributed by atoms with Crippen molar-refractivity contribution in [1.82, 2.24) is 0 Å². The lowest BCUT2D eigenvalue weighted by Crippen LogP contribution is -2.59. The molecule has 0 aliphatic carbocycles. The van der Waals surface area contributed by atoms with Crippen molar-refractivity contribution in [2.45, 2.75) is 43.7 Å². The van der Waals surface area contributed by atoms with Crippen molar-refractivity contribution in [2.75, 3.05) is 6.61 Å². The number of hydrogen-bond acceptors (Lipinski definition) is 8. The van der Waals surface area contributed by atoms with Crippen LogP contribution in [0, 0.1) is 11.3 Å². The van der Waals surface area contributed by atoms with E-state index in [4.69, 9.17) is 14.2 Å². The molecule has 3 N–H and O–H groups in total. The third-order valence-corrected chi connectivity index (χ3v) is 3.85. The molecule has 140 valence electrons. The Balaban J connectivity index is 2.07. The minimum Gasteiger partial charge on any atom is -0.460 e. The molecule has 1 fully saturated rings. The van der Waals surface area contributed by atoms with Gasteiger partial charge in [-0.1, -0.05) is 36.4 Å². The molecular formula is C18H21NO7. The van der Waals surface area contributed by atoms with E-state index in [1.165, 1.54) is 12.2 Å². The third-order valence-electron chi connectivity index (χ3n) is 3.85. The van der Waals surface area contributed by atoms with Crippen LogP contribution in [0.2, 0.25) is 0 Å². The van der Waals surface area contributed by atoms with Crippen LogP contribution < -0.4 is 0 Å². The number of carbonyl (C=O) groups is 1. The van der Waals surface area contributed by atoms with Crippen LogP contribution in [-0.4, -0.2) is 58.6 Å². The number of ether oxygens (including phenoxy) is 3. The maximum atomic E-state index is 11.4. The van der Waals surface area contributed by atoms with E-state index in [9.17, 15) is 25.4 Å². The van der Waals surface area contributed by atoms with E-state index < -0.39 is 42.8 Å². The van der Waals surface area contributed by atoms with E-state index in [-0.39, 0.29) is 6.61 Å². The first-order chi connectivity index (χ1) is 12.5. The lowest BCUT2D eigenvalue weighted by Gasteiger charge is -2.40. The molecule has 1 saturated heterocycles. The van der Waals surface area contributed by atoms with Crippen molar-refractivity contribution < 1.29 is 34.3 Å². The average Bonchev–Trinajstić information content (AvgIpc) is 2.66. The SMILES string of the molecule is CC=CC(=O)OCC1OC(OC(C#N)c2ccccc2)C(O)C(O)C1O. The maximum Gasteiger partial charge on any atom is 0.330 e. The summed E-state index contributed by atoms with van der Waals surface area (Å²) in [7, 11) is 0. The fourth-order valence-corrected chi connectivity index (χ4v) is 2.46. The highest BCUT2D eigenvalue weighted by Gasteiger charge is 2.45. The Morgan fingerprint density at radius 1 is 1.27 bits per heavy atom. The van der Waals surface area contributed by atoms with Crippen LogP contribution in [0.5, 0.6) is 0 Å². The molecular weight excluding hydrogens is 342 g/mol. The van der Waals surface area contributed by atoms with Gasteiger partial charge in [-0.2, -0.15) is 5.26 Å². The van der Waals surface area contributed by atoms with Gasteiger partial charge in [0.15, 0.2) is 12.4 Å². The van der Waals surface area contributed by atoms with Crippen molar-refractivity contribution in [2.24, 2.45) is 0 Å². The van der Waals surface area contributed by atoms with Gasteiger partial charge in [0.25, 0.3) is 0 Å². The van der Waals surface area contributed by atoms with Crippen LogP contribution in [0.15, 0.2) is 42.5 Å². The summed E-state index contributed by atoms with van der Waals surface area (Å²) in [6.45, 7) is 1.29. The molecule has 2 rings (SSSR count). The smallest absolute Gasteiger partial charge is 0.330 e. The Morgan fingerprint density at radius 3 is 2.58 bits per heavy atom. The molecule has 1 aliphatic rings. The predicted molar refractivity (Wildman–Crippen MR) is 88.3 cm³/mol. The summed E-state index contributed by atoms with van der Waals surface area (Å²) >= 11 is 0. The monoisotopic (exact) mass is 363 g/mol. The molecule has 0 spiro atoms. The second-order valence-corrected chi connectivity index (χ2v) is 5.70. The van der Waals surface area contributed by atoms with E-state index in [1.54, 1.807) is 37.3 Å². The number of aliphatic hydroxyl groups excluding tert-OH is 3. The van der Waals surface area contributed by atoms with E-state index >= 15 is 0 Å². The minimum atomic E-state index is -1.59. The number of benzene rings is 1. The van der Waals surface area contributed by atoms with Crippen LogP contribution >= 0.6 is 0 Å². The summed E-state index contributed by atoms with van der Waals surface area (Å²) < 4.78 is 15.8. The molecule has 1 aromatic rings. The summed E-state index contributed by atoms with van der Waals surface area (Å²) in [4.78, 5) is 11.4. The molecule has 1 aliphatic heterocycles. The lowest BCUT2D eigenvalue weighted by molar-refractivity contribution is -0.308. The van der Waals surface area contributed by atoms with E-state index in [0.29, 0.717) is 5.56 Å². The van der Waals surface area contributed by atoms with E-state index in [0.717, 1.165) is 0 Å². The van der Waals surface area contributed by atoms with Gasteiger partial charge in [0.2, 0.25) is 0 Å². The Labute approximate surface area is 150 Å². The first-order valence-electron chi connectivity index (χ1n) is 8.07. The summed E-state index contributed by atoms with van der Waals surface area (Å²) in [5, 5.41) is 39.4. The third kappa shape index (κ3) is 4.88. The van der Waals surface area contributed by atoms with E-state index in [1.807, 2.05) is 6.07 Å². The molecule has 0 aromatic heterocycles. The molecule has 8 nitrogen and oxygen atoms in total. The van der Waals surface area contributed by atoms with Gasteiger partial charge < -0.3 is 29.5 Å². The maximum absolute atomic E-state index is 11.4. The zero-order chi connectivity index (χ0) is 19.1. The molecule has 8 heteroatoms. The highest BCUT2D eigenvalue weighted by atomic mass is 16.7. The van der Waals surface area contributed by atoms with Crippen molar-refractivity contribution in [3.63, 3.8) is 0 Å². The second-order valence-electron chi connectivity index (χ2n) is 5.70. The number of carbonyl (C=O) groups excluding carboxylic acids is 1. The number of esters is 1. The van der Waals surface area contributed by atoms with Crippen LogP contribution in [0.1, 0.15) is 18.6 Å². The van der Waals surface area contributed by atoms with Gasteiger partial charge in [-0.25, -0.2) is 4.79 Å². The highest BCUT2D eigenvalue weighted by Crippen LogP contribution is 2.27. The zero-order valence-electron chi connectivity index (χ0n) is 14.1. The summed E-state index contributed by atoms with van der Waals surface area (Å²) in [6.07, 6.45) is -5.53. The van der Waals surface area contributed by atoms with Gasteiger partial charge in [-0.15, -0.1) is 0 Å². The molecule has 0 saturated carbocycles. The molecule has 1 aromatic carbocycles. The van der Waals surface area contributed by atoms with Gasteiger partial charge in [0.1, 0.15) is 31.0 Å². The number of hydrogen-bond donors (Lipinski definition) is 3. The van der Waals surface area contributed by atoms with Crippen LogP contribution in [0.25, 0.3) is 0 Å². The first kappa shape index (κ1) is 20.0. The van der Waals surface area contributed by atoms with Crippen molar-refractivity contribution in [1.29, 1.82) is 5.26 Å². The van der Waals surface area contributed by atoms with Gasteiger partial charge in [-0.3, -0.25) is 0 Å². The Morgan fingerprint density at radius 2 is 1.96 bits per heavy atom. The van der Waals surface area contributed by atoms with Crippen molar-refractivity contribution >= 4 is 5.97 Å². The van der Waals surface area contributed by atoms with Gasteiger partial charge in [0.05, 0.1) is 6.07 Å². The average molecular weight is 363 g/mol. The second kappa shape index (κ2) is 9.43. The Kier molecular flexibility index (Phi) is 7.26. The number of aliphatic hydroxyl groups is 3. The first-order valence-corrected chi connectivity index (χ1v) is 8.07. The predicted octanol–water partition coefficient (Wildman–Crippen LogP) is 0.195. The summed E-state index contributed by atoms with van der Waals surface area (Å²) in [5.41, 5.74) is 0.544. The van der Waals surface area contributed by atoms with Crippen LogP contribution in [0.4, 0.5) is 0 Å². The van der Waals surface area contributed by atoms with Crippen LogP contribution in [0.3, 0.4) is 0 Å². The quantitative estimate of drug-likeness (QED) is 0.483. The molecule has 0 amide bonds. The molecule has 0 bridgehead atoms. The number of rotatable bonds is 6. The topological polar surface area (TPSA) is 129 Å². The molecule has 26 heavy (non-hydrogen) atoms. The van der Waals surface area contributed by atoms with Crippen LogP contribution in [-0.2, 0) is 19.0 Å². The molecule has 0 radical (unpaired) electrons. The molecule has 6 atom stereocenters. The largest absolute Gasteiger partial charge is 0.460 e. The zero-order valence-corrected chi connectivity index (χ0v) is 14.1. The molecule has 1 heterocycles.